The molecule has 0 aliphatic carbocycles. The topological polar surface area (TPSA) is 29.5 Å². The van der Waals surface area contributed by atoms with Crippen molar-refractivity contribution in [3.63, 3.8) is 0 Å². The van der Waals surface area contributed by atoms with E-state index >= 15 is 0 Å². The van der Waals surface area contributed by atoms with Gasteiger partial charge in [0.15, 0.2) is 0 Å². The first-order valence-corrected chi connectivity index (χ1v) is 6.97. The maximum atomic E-state index is 11.3. The minimum absolute atomic E-state index is 0.0651. The molecule has 0 aromatic heterocycles. The van der Waals surface area contributed by atoms with E-state index in [0.29, 0.717) is 13.2 Å². The van der Waals surface area contributed by atoms with Crippen LogP contribution in [-0.4, -0.2) is 31.7 Å². The number of carbonyl (C=O) groups excluding carboxylic acids is 1. The summed E-state index contributed by atoms with van der Waals surface area (Å²) in [6.45, 7) is 2.63. The lowest BCUT2D eigenvalue weighted by molar-refractivity contribution is -0.147. The van der Waals surface area contributed by atoms with E-state index in [0.717, 1.165) is 12.8 Å². The zero-order valence-electron chi connectivity index (χ0n) is 11.8. The summed E-state index contributed by atoms with van der Waals surface area (Å²) in [5, 5.41) is 0. The van der Waals surface area contributed by atoms with Crippen molar-refractivity contribution in [3.05, 3.63) is 0 Å². The summed E-state index contributed by atoms with van der Waals surface area (Å²) in [5.74, 6) is -0.0651. The first-order valence-electron chi connectivity index (χ1n) is 6.97. The summed E-state index contributed by atoms with van der Waals surface area (Å²) in [6, 6.07) is 0. The van der Waals surface area contributed by atoms with E-state index in [2.05, 4.69) is 6.92 Å². The predicted octanol–water partition coefficient (Wildman–Crippen LogP) is 3.58. The second-order valence-corrected chi connectivity index (χ2v) is 4.95. The third-order valence-corrected chi connectivity index (χ3v) is 2.72. The highest BCUT2D eigenvalue weighted by Crippen LogP contribution is 2.09. The fraction of sp³-hybridized carbons (Fsp3) is 0.929. The predicted molar refractivity (Wildman–Crippen MR) is 71.9 cm³/mol. The van der Waals surface area contributed by atoms with Crippen molar-refractivity contribution in [1.29, 1.82) is 0 Å². The van der Waals surface area contributed by atoms with Crippen molar-refractivity contribution in [3.8, 4) is 0 Å². The Kier molecular flexibility index (Phi) is 11.5. The van der Waals surface area contributed by atoms with Crippen LogP contribution in [-0.2, 0) is 9.53 Å². The second-order valence-electron chi connectivity index (χ2n) is 4.95. The van der Waals surface area contributed by atoms with Gasteiger partial charge in [0.2, 0.25) is 0 Å². The van der Waals surface area contributed by atoms with Crippen LogP contribution in [0.3, 0.4) is 0 Å². The lowest BCUT2D eigenvalue weighted by Crippen LogP contribution is -2.19. The Hall–Kier alpha value is -0.570. The van der Waals surface area contributed by atoms with E-state index in [4.69, 9.17) is 4.74 Å². The van der Waals surface area contributed by atoms with Crippen LogP contribution >= 0.6 is 0 Å². The Morgan fingerprint density at radius 3 is 2.00 bits per heavy atom. The van der Waals surface area contributed by atoms with Crippen LogP contribution in [0.2, 0.25) is 0 Å². The average molecular weight is 243 g/mol. The van der Waals surface area contributed by atoms with E-state index < -0.39 is 0 Å². The van der Waals surface area contributed by atoms with Gasteiger partial charge in [-0.3, -0.25) is 9.69 Å². The van der Waals surface area contributed by atoms with Gasteiger partial charge in [0.05, 0.1) is 0 Å². The normalized spacial score (nSPS) is 10.8. The molecule has 0 saturated carbocycles. The molecule has 0 fully saturated rings. The summed E-state index contributed by atoms with van der Waals surface area (Å²) in [5.41, 5.74) is 0. The number of ether oxygens (including phenoxy) is 1. The summed E-state index contributed by atoms with van der Waals surface area (Å²) < 4.78 is 5.05. The van der Waals surface area contributed by atoms with E-state index in [1.54, 1.807) is 0 Å². The molecule has 17 heavy (non-hydrogen) atoms. The Morgan fingerprint density at radius 1 is 0.941 bits per heavy atom. The van der Waals surface area contributed by atoms with Crippen LogP contribution in [0.25, 0.3) is 0 Å². The highest BCUT2D eigenvalue weighted by molar-refractivity contribution is 5.69. The largest absolute Gasteiger partial charge is 0.450 e. The number of nitrogens with zero attached hydrogens (tertiary/aromatic N) is 1. The first-order chi connectivity index (χ1) is 8.16. The number of hydrogen-bond acceptors (Lipinski definition) is 3. The molecular weight excluding hydrogens is 214 g/mol. The van der Waals surface area contributed by atoms with Crippen molar-refractivity contribution in [2.75, 3.05) is 20.8 Å². The third kappa shape index (κ3) is 13.4. The highest BCUT2D eigenvalue weighted by Gasteiger charge is 2.02. The Morgan fingerprint density at radius 2 is 1.47 bits per heavy atom. The molecule has 3 heteroatoms. The van der Waals surface area contributed by atoms with Crippen LogP contribution in [0.15, 0.2) is 0 Å². The molecule has 0 unspecified atom stereocenters. The third-order valence-electron chi connectivity index (χ3n) is 2.72. The molecule has 0 aliphatic rings. The molecule has 0 aliphatic heterocycles. The minimum Gasteiger partial charge on any atom is -0.450 e. The monoisotopic (exact) mass is 243 g/mol. The van der Waals surface area contributed by atoms with Gasteiger partial charge in [-0.05, 0) is 20.5 Å². The molecule has 0 bridgehead atoms. The van der Waals surface area contributed by atoms with Gasteiger partial charge in [-0.1, -0.05) is 51.9 Å². The molecule has 0 radical (unpaired) electrons. The van der Waals surface area contributed by atoms with E-state index in [1.807, 2.05) is 19.0 Å². The van der Waals surface area contributed by atoms with E-state index in [9.17, 15) is 4.79 Å². The van der Waals surface area contributed by atoms with Gasteiger partial charge in [-0.15, -0.1) is 0 Å². The Bertz CT molecular complexity index is 181. The van der Waals surface area contributed by atoms with Gasteiger partial charge in [-0.25, -0.2) is 0 Å². The molecule has 0 spiro atoms. The number of rotatable bonds is 11. The number of hydrogen-bond donors (Lipinski definition) is 0. The lowest BCUT2D eigenvalue weighted by atomic mass is 10.1. The van der Waals surface area contributed by atoms with Gasteiger partial charge in [0.25, 0.3) is 0 Å². The van der Waals surface area contributed by atoms with E-state index in [-0.39, 0.29) is 5.97 Å². The Balaban J connectivity index is 3.14. The van der Waals surface area contributed by atoms with Gasteiger partial charge < -0.3 is 4.74 Å². The number of esters is 1. The maximum Gasteiger partial charge on any atom is 0.307 e. The molecule has 0 rings (SSSR count). The van der Waals surface area contributed by atoms with E-state index in [1.165, 1.54) is 38.5 Å². The summed E-state index contributed by atoms with van der Waals surface area (Å²) in [7, 11) is 3.78. The van der Waals surface area contributed by atoms with Crippen molar-refractivity contribution in [1.82, 2.24) is 4.90 Å². The van der Waals surface area contributed by atoms with Crippen LogP contribution < -0.4 is 0 Å². The molecule has 3 nitrogen and oxygen atoms in total. The van der Waals surface area contributed by atoms with Crippen LogP contribution in [0.1, 0.15) is 64.7 Å². The van der Waals surface area contributed by atoms with Crippen molar-refractivity contribution in [2.45, 2.75) is 64.7 Å². The van der Waals surface area contributed by atoms with Crippen molar-refractivity contribution < 1.29 is 9.53 Å². The zero-order chi connectivity index (χ0) is 12.9. The molecule has 0 heterocycles. The summed E-state index contributed by atoms with van der Waals surface area (Å²) in [6.07, 6.45) is 10.6. The van der Waals surface area contributed by atoms with Crippen LogP contribution in [0, 0.1) is 0 Å². The highest BCUT2D eigenvalue weighted by atomic mass is 16.5. The van der Waals surface area contributed by atoms with Crippen LogP contribution in [0.4, 0.5) is 0 Å². The standard InChI is InChI=1S/C14H29NO2/c1-4-5-6-7-8-9-10-11-12-14(16)17-13-15(2)3/h4-13H2,1-3H3. The summed E-state index contributed by atoms with van der Waals surface area (Å²) in [4.78, 5) is 13.1. The number of unbranched alkanes of at least 4 members (excludes halogenated alkanes) is 7. The average Bonchev–Trinajstić information content (AvgIpc) is 2.30. The molecule has 0 amide bonds. The molecule has 0 aromatic carbocycles. The second kappa shape index (κ2) is 11.9. The zero-order valence-corrected chi connectivity index (χ0v) is 11.8. The van der Waals surface area contributed by atoms with Crippen LogP contribution in [0.5, 0.6) is 0 Å². The smallest absolute Gasteiger partial charge is 0.307 e. The lowest BCUT2D eigenvalue weighted by Gasteiger charge is -2.10. The molecule has 102 valence electrons. The fourth-order valence-electron chi connectivity index (χ4n) is 1.68. The first kappa shape index (κ1) is 16.4. The molecule has 0 saturated heterocycles. The van der Waals surface area contributed by atoms with Gasteiger partial charge in [-0.2, -0.15) is 0 Å². The number of carbonyl (C=O) groups is 1. The molecule has 0 atom stereocenters. The summed E-state index contributed by atoms with van der Waals surface area (Å²) >= 11 is 0. The molecule has 0 N–H and O–H groups in total. The van der Waals surface area contributed by atoms with Gasteiger partial charge in [0, 0.05) is 6.42 Å². The quantitative estimate of drug-likeness (QED) is 0.315. The van der Waals surface area contributed by atoms with Crippen molar-refractivity contribution >= 4 is 5.97 Å². The molecule has 0 aromatic rings. The SMILES string of the molecule is CCCCCCCCCCC(=O)OCN(C)C. The maximum absolute atomic E-state index is 11.3. The van der Waals surface area contributed by atoms with Crippen molar-refractivity contribution in [2.24, 2.45) is 0 Å². The minimum atomic E-state index is -0.0651. The Labute approximate surface area is 107 Å². The fourth-order valence-corrected chi connectivity index (χ4v) is 1.68. The molecular formula is C14H29NO2. The van der Waals surface area contributed by atoms with Gasteiger partial charge in [0.1, 0.15) is 6.73 Å². The van der Waals surface area contributed by atoms with Gasteiger partial charge >= 0.3 is 5.97 Å².